The van der Waals surface area contributed by atoms with E-state index in [-0.39, 0.29) is 25.7 Å². The Morgan fingerprint density at radius 1 is 0.270 bits per heavy atom. The molecule has 3 N–H and O–H groups in total. The second-order valence-corrected chi connectivity index (χ2v) is 33.0. The van der Waals surface area contributed by atoms with Gasteiger partial charge in [0.1, 0.15) is 19.3 Å². The largest absolute Gasteiger partial charge is 0.472 e. The van der Waals surface area contributed by atoms with Crippen molar-refractivity contribution >= 4 is 39.5 Å². The van der Waals surface area contributed by atoms with E-state index in [4.69, 9.17) is 37.0 Å². The second kappa shape index (κ2) is 72.6. The van der Waals surface area contributed by atoms with Crippen LogP contribution < -0.4 is 0 Å². The maximum atomic E-state index is 13.1. The van der Waals surface area contributed by atoms with Crippen LogP contribution in [0.2, 0.25) is 0 Å². The predicted octanol–water partition coefficient (Wildman–Crippen LogP) is 24.3. The molecule has 0 aromatic rings. The minimum atomic E-state index is -4.96. The summed E-state index contributed by atoms with van der Waals surface area (Å²) in [5.41, 5.74) is 0. The predicted molar refractivity (Wildman–Crippen MR) is 409 cm³/mol. The molecule has 5 atom stereocenters. The molecule has 0 heterocycles. The summed E-state index contributed by atoms with van der Waals surface area (Å²) < 4.78 is 68.7. The van der Waals surface area contributed by atoms with Gasteiger partial charge < -0.3 is 33.8 Å². The van der Waals surface area contributed by atoms with Crippen molar-refractivity contribution in [2.45, 2.75) is 445 Å². The lowest BCUT2D eigenvalue weighted by molar-refractivity contribution is -0.161. The maximum absolute atomic E-state index is 13.1. The van der Waals surface area contributed by atoms with Gasteiger partial charge in [-0.3, -0.25) is 37.3 Å². The molecule has 0 aliphatic carbocycles. The lowest BCUT2D eigenvalue weighted by Gasteiger charge is -2.21. The Balaban J connectivity index is 5.21. The smallest absolute Gasteiger partial charge is 0.462 e. The van der Waals surface area contributed by atoms with Crippen LogP contribution in [0.5, 0.6) is 0 Å². The molecule has 0 amide bonds. The zero-order chi connectivity index (χ0) is 73.5. The molecule has 0 saturated carbocycles. The Morgan fingerprint density at radius 2 is 0.460 bits per heavy atom. The van der Waals surface area contributed by atoms with Crippen LogP contribution >= 0.6 is 15.6 Å². The average molecular weight is 1470 g/mol. The van der Waals surface area contributed by atoms with Crippen LogP contribution in [0.25, 0.3) is 0 Å². The Bertz CT molecular complexity index is 1920. The Hall–Kier alpha value is -1.94. The van der Waals surface area contributed by atoms with Gasteiger partial charge >= 0.3 is 39.5 Å². The van der Waals surface area contributed by atoms with Gasteiger partial charge in [-0.2, -0.15) is 0 Å². The number of phosphoric ester groups is 2. The number of carbonyl (C=O) groups excluding carboxylic acids is 4. The summed E-state index contributed by atoms with van der Waals surface area (Å²) in [5, 5.41) is 10.6. The number of esters is 4. The normalized spacial score (nSPS) is 13.9. The highest BCUT2D eigenvalue weighted by Crippen LogP contribution is 2.45. The minimum absolute atomic E-state index is 0.105. The fraction of sp³-hybridized carbons (Fsp3) is 0.951. The zero-order valence-electron chi connectivity index (χ0n) is 65.5. The Morgan fingerprint density at radius 3 is 0.680 bits per heavy atom. The number of carbonyl (C=O) groups is 4. The van der Waals surface area contributed by atoms with Crippen molar-refractivity contribution in [1.82, 2.24) is 0 Å². The lowest BCUT2D eigenvalue weighted by atomic mass is 10.0. The van der Waals surface area contributed by atoms with Crippen molar-refractivity contribution in [3.8, 4) is 0 Å². The summed E-state index contributed by atoms with van der Waals surface area (Å²) in [7, 11) is -9.92. The molecule has 17 nitrogen and oxygen atoms in total. The molecule has 0 aliphatic rings. The monoisotopic (exact) mass is 1470 g/mol. The van der Waals surface area contributed by atoms with Gasteiger partial charge in [-0.15, -0.1) is 0 Å². The second-order valence-electron chi connectivity index (χ2n) is 30.1. The van der Waals surface area contributed by atoms with Crippen LogP contribution in [0.4, 0.5) is 0 Å². The Labute approximate surface area is 613 Å². The molecule has 0 radical (unpaired) electrons. The molecule has 0 aromatic carbocycles. The highest BCUT2D eigenvalue weighted by Gasteiger charge is 2.30. The van der Waals surface area contributed by atoms with E-state index in [0.717, 1.165) is 102 Å². The number of unbranched alkanes of at least 4 members (excludes halogenated alkanes) is 50. The summed E-state index contributed by atoms with van der Waals surface area (Å²) in [6, 6.07) is 0. The van der Waals surface area contributed by atoms with Gasteiger partial charge in [0.2, 0.25) is 0 Å². The van der Waals surface area contributed by atoms with Gasteiger partial charge in [0.25, 0.3) is 0 Å². The van der Waals surface area contributed by atoms with E-state index >= 15 is 0 Å². The van der Waals surface area contributed by atoms with E-state index in [1.807, 2.05) is 0 Å². The summed E-state index contributed by atoms with van der Waals surface area (Å²) >= 11 is 0. The molecule has 0 bridgehead atoms. The van der Waals surface area contributed by atoms with E-state index < -0.39 is 97.5 Å². The van der Waals surface area contributed by atoms with Crippen LogP contribution in [0, 0.1) is 11.8 Å². The van der Waals surface area contributed by atoms with Crippen molar-refractivity contribution < 1.29 is 80.2 Å². The third-order valence-corrected chi connectivity index (χ3v) is 20.9. The topological polar surface area (TPSA) is 237 Å². The molecule has 0 fully saturated rings. The minimum Gasteiger partial charge on any atom is -0.462 e. The summed E-state index contributed by atoms with van der Waals surface area (Å²) in [4.78, 5) is 73.0. The van der Waals surface area contributed by atoms with Gasteiger partial charge in [-0.25, -0.2) is 9.13 Å². The first-order valence-electron chi connectivity index (χ1n) is 42.0. The Kier molecular flexibility index (Phi) is 71.2. The first-order valence-corrected chi connectivity index (χ1v) is 45.0. The number of aliphatic hydroxyl groups is 1. The number of hydrogen-bond acceptors (Lipinski definition) is 15. The van der Waals surface area contributed by atoms with Crippen LogP contribution in [0.15, 0.2) is 0 Å². The molecule has 0 rings (SSSR count). The van der Waals surface area contributed by atoms with Crippen molar-refractivity contribution in [1.29, 1.82) is 0 Å². The maximum Gasteiger partial charge on any atom is 0.472 e. The first-order chi connectivity index (χ1) is 48.4. The molecule has 0 saturated heterocycles. The molecule has 2 unspecified atom stereocenters. The molecular formula is C81H158O17P2. The average Bonchev–Trinajstić information content (AvgIpc) is 0.919. The van der Waals surface area contributed by atoms with E-state index in [9.17, 15) is 43.2 Å². The molecule has 100 heavy (non-hydrogen) atoms. The van der Waals surface area contributed by atoms with Crippen molar-refractivity contribution in [2.24, 2.45) is 11.8 Å². The van der Waals surface area contributed by atoms with E-state index in [1.165, 1.54) is 238 Å². The van der Waals surface area contributed by atoms with E-state index in [0.29, 0.717) is 31.6 Å². The van der Waals surface area contributed by atoms with Crippen LogP contribution in [0.3, 0.4) is 0 Å². The number of phosphoric acid groups is 2. The summed E-state index contributed by atoms with van der Waals surface area (Å²) in [5.74, 6) is -0.681. The van der Waals surface area contributed by atoms with Gasteiger partial charge in [-0.05, 0) is 37.5 Å². The van der Waals surface area contributed by atoms with Crippen LogP contribution in [-0.2, 0) is 65.4 Å². The molecule has 0 aromatic heterocycles. The third-order valence-electron chi connectivity index (χ3n) is 19.0. The van der Waals surface area contributed by atoms with E-state index in [2.05, 4.69) is 41.5 Å². The van der Waals surface area contributed by atoms with Crippen molar-refractivity contribution in [3.05, 3.63) is 0 Å². The fourth-order valence-corrected chi connectivity index (χ4v) is 14.1. The summed E-state index contributed by atoms with van der Waals surface area (Å²) in [6.07, 6.45) is 62.7. The standard InChI is InChI=1S/C81H158O17P2/c1-7-9-11-13-15-17-19-21-23-25-27-29-31-33-35-40-44-51-57-63-78(83)91-69-76(97-80(85)65-59-53-45-41-36-34-32-30-28-26-24-22-20-18-16-14-12-10-8-2)71-95-99(87,88)93-67-75(82)68-94-100(89,90)96-72-77(70-92-79(84)64-58-52-48-47-50-56-62-74(5)6)98-81(86)66-60-54-46-42-38-37-39-43-49-55-61-73(3)4/h73-77,82H,7-72H2,1-6H3,(H,87,88)(H,89,90)/t75-,76-,77-/m1/s1. The molecule has 594 valence electrons. The fourth-order valence-electron chi connectivity index (χ4n) is 12.5. The molecule has 0 aliphatic heterocycles. The SMILES string of the molecule is CCCCCCCCCCCCCCCCCCCCCC(=O)OC[C@H](COP(=O)(O)OC[C@@H](O)COP(=O)(O)OC[C@@H](COC(=O)CCCCCCCCC(C)C)OC(=O)CCCCCCCCCCCCC(C)C)OC(=O)CCCCCCCCCCCCCCCCCCCCC. The number of hydrogen-bond donors (Lipinski definition) is 3. The van der Waals surface area contributed by atoms with Gasteiger partial charge in [0.05, 0.1) is 26.4 Å². The number of aliphatic hydroxyl groups excluding tert-OH is 1. The number of ether oxygens (including phenoxy) is 4. The van der Waals surface area contributed by atoms with Crippen molar-refractivity contribution in [2.75, 3.05) is 39.6 Å². The van der Waals surface area contributed by atoms with Crippen molar-refractivity contribution in [3.63, 3.8) is 0 Å². The number of rotatable bonds is 80. The lowest BCUT2D eigenvalue weighted by Crippen LogP contribution is -2.30. The quantitative estimate of drug-likeness (QED) is 0.0222. The van der Waals surface area contributed by atoms with E-state index in [1.54, 1.807) is 0 Å². The zero-order valence-corrected chi connectivity index (χ0v) is 67.3. The first kappa shape index (κ1) is 98.1. The molecule has 19 heteroatoms. The van der Waals surface area contributed by atoms with Crippen LogP contribution in [-0.4, -0.2) is 96.7 Å². The molecular weight excluding hydrogens is 1310 g/mol. The van der Waals surface area contributed by atoms with Gasteiger partial charge in [0.15, 0.2) is 12.2 Å². The third kappa shape index (κ3) is 74.3. The van der Waals surface area contributed by atoms with Crippen LogP contribution in [0.1, 0.15) is 427 Å². The van der Waals surface area contributed by atoms with Gasteiger partial charge in [-0.1, -0.05) is 375 Å². The molecule has 0 spiro atoms. The summed E-state index contributed by atoms with van der Waals surface area (Å²) in [6.45, 7) is 9.54. The highest BCUT2D eigenvalue weighted by molar-refractivity contribution is 7.47. The highest BCUT2D eigenvalue weighted by atomic mass is 31.2. The van der Waals surface area contributed by atoms with Gasteiger partial charge in [0, 0.05) is 25.7 Å².